The van der Waals surface area contributed by atoms with E-state index in [9.17, 15) is 13.2 Å². The number of hydrogen-bond acceptors (Lipinski definition) is 3. The summed E-state index contributed by atoms with van der Waals surface area (Å²) < 4.78 is 39.9. The fourth-order valence-electron chi connectivity index (χ4n) is 2.88. The van der Waals surface area contributed by atoms with Crippen LogP contribution in [0.2, 0.25) is 0 Å². The van der Waals surface area contributed by atoms with E-state index in [0.29, 0.717) is 10.0 Å². The van der Waals surface area contributed by atoms with E-state index >= 15 is 0 Å². The molecule has 9 heteroatoms. The summed E-state index contributed by atoms with van der Waals surface area (Å²) in [5.74, 6) is 0. The monoisotopic (exact) mass is 476 g/mol. The number of nitrogens with zero attached hydrogens (tertiary/aromatic N) is 1. The van der Waals surface area contributed by atoms with Crippen LogP contribution in [0, 0.1) is 0 Å². The predicted molar refractivity (Wildman–Crippen MR) is 104 cm³/mol. The summed E-state index contributed by atoms with van der Waals surface area (Å²) in [6.45, 7) is 3.33. The minimum Gasteiger partial charge on any atom is -0.314 e. The highest BCUT2D eigenvalue weighted by Crippen LogP contribution is 2.38. The van der Waals surface area contributed by atoms with Crippen molar-refractivity contribution in [2.45, 2.75) is 12.2 Å². The number of thiophene rings is 1. The molecule has 1 atom stereocenters. The van der Waals surface area contributed by atoms with E-state index in [-0.39, 0.29) is 30.9 Å². The number of piperazine rings is 1. The molecule has 0 bridgehead atoms. The lowest BCUT2D eigenvalue weighted by molar-refractivity contribution is -0.137. The molecule has 1 N–H and O–H groups in total. The number of hydrogen-bond donors (Lipinski definition) is 1. The number of nitrogens with one attached hydrogen (secondary N) is 1. The van der Waals surface area contributed by atoms with Gasteiger partial charge in [-0.3, -0.25) is 4.90 Å². The van der Waals surface area contributed by atoms with Crippen LogP contribution in [0.3, 0.4) is 0 Å². The Morgan fingerprint density at radius 1 is 1.12 bits per heavy atom. The first-order valence-corrected chi connectivity index (χ1v) is 8.98. The third kappa shape index (κ3) is 5.58. The molecule has 1 aromatic heterocycles. The van der Waals surface area contributed by atoms with Gasteiger partial charge in [-0.15, -0.1) is 36.2 Å². The zero-order valence-electron chi connectivity index (χ0n) is 13.1. The summed E-state index contributed by atoms with van der Waals surface area (Å²) in [5.41, 5.74) is 0.0645. The van der Waals surface area contributed by atoms with Gasteiger partial charge in [-0.05, 0) is 35.2 Å². The van der Waals surface area contributed by atoms with Gasteiger partial charge in [-0.25, -0.2) is 0 Å². The summed E-state index contributed by atoms with van der Waals surface area (Å²) in [4.78, 5) is 3.31. The van der Waals surface area contributed by atoms with Crippen LogP contribution in [-0.2, 0) is 6.18 Å². The topological polar surface area (TPSA) is 15.3 Å². The Balaban J connectivity index is 0.00000156. The van der Waals surface area contributed by atoms with E-state index < -0.39 is 11.7 Å². The Kier molecular flexibility index (Phi) is 8.71. The molecule has 1 aromatic carbocycles. The molecule has 0 unspecified atom stereocenters. The van der Waals surface area contributed by atoms with Gasteiger partial charge in [0.05, 0.1) is 11.6 Å². The van der Waals surface area contributed by atoms with Gasteiger partial charge in [-0.2, -0.15) is 13.2 Å². The van der Waals surface area contributed by atoms with Crippen LogP contribution < -0.4 is 5.32 Å². The maximum Gasteiger partial charge on any atom is 0.416 e. The molecule has 0 radical (unpaired) electrons. The Labute approximate surface area is 169 Å². The number of halogens is 6. The second-order valence-electron chi connectivity index (χ2n) is 5.47. The fourth-order valence-corrected chi connectivity index (χ4v) is 4.27. The molecule has 0 amide bonds. The third-order valence-corrected chi connectivity index (χ3v) is 5.28. The third-order valence-electron chi connectivity index (χ3n) is 3.89. The fraction of sp³-hybridized carbons (Fsp3) is 0.375. The molecule has 1 aliphatic rings. The Hall–Kier alpha value is -0.310. The summed E-state index contributed by atoms with van der Waals surface area (Å²) in [6.07, 6.45) is -4.35. The summed E-state index contributed by atoms with van der Waals surface area (Å²) in [6, 6.07) is 7.99. The average molecular weight is 478 g/mol. The Bertz CT molecular complexity index is 662. The first-order valence-electron chi connectivity index (χ1n) is 7.31. The van der Waals surface area contributed by atoms with Crippen LogP contribution in [-0.4, -0.2) is 31.1 Å². The first kappa shape index (κ1) is 22.7. The largest absolute Gasteiger partial charge is 0.416 e. The zero-order valence-corrected chi connectivity index (χ0v) is 17.1. The normalized spacial score (nSPS) is 16.6. The van der Waals surface area contributed by atoms with Crippen molar-refractivity contribution in [2.75, 3.05) is 26.2 Å². The van der Waals surface area contributed by atoms with E-state index in [1.807, 2.05) is 17.5 Å². The van der Waals surface area contributed by atoms with Crippen LogP contribution in [0.1, 0.15) is 22.0 Å². The molecule has 2 nitrogen and oxygen atoms in total. The molecule has 1 saturated heterocycles. The van der Waals surface area contributed by atoms with Crippen LogP contribution in [0.4, 0.5) is 13.2 Å². The van der Waals surface area contributed by atoms with Crippen LogP contribution in [0.15, 0.2) is 40.2 Å². The van der Waals surface area contributed by atoms with Crippen LogP contribution in [0.25, 0.3) is 0 Å². The van der Waals surface area contributed by atoms with E-state index in [2.05, 4.69) is 26.1 Å². The second kappa shape index (κ2) is 9.58. The van der Waals surface area contributed by atoms with Gasteiger partial charge in [0.2, 0.25) is 0 Å². The zero-order chi connectivity index (χ0) is 16.4. The van der Waals surface area contributed by atoms with Gasteiger partial charge in [0.1, 0.15) is 0 Å². The lowest BCUT2D eigenvalue weighted by Gasteiger charge is -2.35. The van der Waals surface area contributed by atoms with Gasteiger partial charge < -0.3 is 5.32 Å². The minimum absolute atomic E-state index is 0. The number of alkyl halides is 3. The van der Waals surface area contributed by atoms with Crippen molar-refractivity contribution in [3.8, 4) is 0 Å². The van der Waals surface area contributed by atoms with Gasteiger partial charge in [-0.1, -0.05) is 22.0 Å². The average Bonchev–Trinajstić information content (AvgIpc) is 3.01. The summed E-state index contributed by atoms with van der Waals surface area (Å²) in [5, 5.41) is 5.25. The van der Waals surface area contributed by atoms with E-state index in [1.54, 1.807) is 17.4 Å². The molecule has 2 aromatic rings. The van der Waals surface area contributed by atoms with Gasteiger partial charge in [0, 0.05) is 35.5 Å². The van der Waals surface area contributed by atoms with Crippen molar-refractivity contribution in [3.63, 3.8) is 0 Å². The van der Waals surface area contributed by atoms with Gasteiger partial charge in [0.25, 0.3) is 0 Å². The molecule has 0 aliphatic carbocycles. The van der Waals surface area contributed by atoms with Crippen molar-refractivity contribution in [1.29, 1.82) is 0 Å². The molecule has 3 rings (SSSR count). The first-order chi connectivity index (χ1) is 10.9. The minimum atomic E-state index is -4.35. The summed E-state index contributed by atoms with van der Waals surface area (Å²) in [7, 11) is 0. The standard InChI is InChI=1S/C16H16BrF3N2S.2ClH/c17-13-9-11(8-12(10-13)16(18,19)20)15(14-2-1-7-23-14)22-5-3-21-4-6-22;;/h1-2,7-10,15,21H,3-6H2;2*1H/t15-;;/m0../s1. The Morgan fingerprint density at radius 2 is 1.80 bits per heavy atom. The highest BCUT2D eigenvalue weighted by molar-refractivity contribution is 9.10. The molecule has 0 saturated carbocycles. The molecule has 1 aliphatic heterocycles. The quantitative estimate of drug-likeness (QED) is 0.639. The van der Waals surface area contributed by atoms with Crippen molar-refractivity contribution in [3.05, 3.63) is 56.2 Å². The smallest absolute Gasteiger partial charge is 0.314 e. The lowest BCUT2D eigenvalue weighted by atomic mass is 10.00. The SMILES string of the molecule is Cl.Cl.FC(F)(F)c1cc(Br)cc([C@@H](c2cccs2)N2CCNCC2)c1. The van der Waals surface area contributed by atoms with E-state index in [4.69, 9.17) is 0 Å². The summed E-state index contributed by atoms with van der Waals surface area (Å²) >= 11 is 4.81. The van der Waals surface area contributed by atoms with Crippen molar-refractivity contribution in [2.24, 2.45) is 0 Å². The molecular formula is C16H18BrCl2F3N2S. The van der Waals surface area contributed by atoms with Crippen molar-refractivity contribution >= 4 is 52.1 Å². The maximum atomic E-state index is 13.2. The maximum absolute atomic E-state index is 13.2. The van der Waals surface area contributed by atoms with Gasteiger partial charge in [0.15, 0.2) is 0 Å². The van der Waals surface area contributed by atoms with E-state index in [1.165, 1.54) is 6.07 Å². The number of rotatable bonds is 3. The van der Waals surface area contributed by atoms with Crippen LogP contribution >= 0.6 is 52.1 Å². The molecular weight excluding hydrogens is 460 g/mol. The van der Waals surface area contributed by atoms with Crippen molar-refractivity contribution < 1.29 is 13.2 Å². The lowest BCUT2D eigenvalue weighted by Crippen LogP contribution is -2.45. The van der Waals surface area contributed by atoms with E-state index in [0.717, 1.165) is 37.1 Å². The highest BCUT2D eigenvalue weighted by atomic mass is 79.9. The molecule has 25 heavy (non-hydrogen) atoms. The second-order valence-corrected chi connectivity index (χ2v) is 7.37. The highest BCUT2D eigenvalue weighted by Gasteiger charge is 2.33. The molecule has 140 valence electrons. The van der Waals surface area contributed by atoms with Crippen LogP contribution in [0.5, 0.6) is 0 Å². The molecule has 0 spiro atoms. The molecule has 1 fully saturated rings. The van der Waals surface area contributed by atoms with Gasteiger partial charge >= 0.3 is 6.18 Å². The Morgan fingerprint density at radius 3 is 2.36 bits per heavy atom. The molecule has 2 heterocycles. The number of benzene rings is 1. The predicted octanol–water partition coefficient (Wildman–Crippen LogP) is 5.37. The van der Waals surface area contributed by atoms with Crippen molar-refractivity contribution in [1.82, 2.24) is 10.2 Å².